The number of thioether (sulfide) groups is 1. The van der Waals surface area contributed by atoms with Crippen LogP contribution in [0.3, 0.4) is 0 Å². The molecule has 5 nitrogen and oxygen atoms in total. The first kappa shape index (κ1) is 17.0. The SMILES string of the molecule is CN1CCCC(NC(=O)c2cccc(CSc3nccn3C)c2)C1. The van der Waals surface area contributed by atoms with E-state index in [-0.39, 0.29) is 11.9 Å². The van der Waals surface area contributed by atoms with Crippen molar-refractivity contribution in [2.45, 2.75) is 29.8 Å². The van der Waals surface area contributed by atoms with Gasteiger partial charge in [0.15, 0.2) is 5.16 Å². The first-order chi connectivity index (χ1) is 11.6. The molecule has 0 spiro atoms. The number of likely N-dealkylation sites (tertiary alicyclic amines) is 1. The van der Waals surface area contributed by atoms with Crippen molar-refractivity contribution >= 4 is 17.7 Å². The van der Waals surface area contributed by atoms with E-state index < -0.39 is 0 Å². The minimum atomic E-state index is 0.0270. The monoisotopic (exact) mass is 344 g/mol. The lowest BCUT2D eigenvalue weighted by molar-refractivity contribution is 0.0912. The molecule has 1 saturated heterocycles. The Morgan fingerprint density at radius 3 is 3.04 bits per heavy atom. The standard InChI is InChI=1S/C18H24N4OS/c1-21-9-4-7-16(12-21)20-17(23)15-6-3-5-14(11-15)13-24-18-19-8-10-22(18)2/h3,5-6,8,10-11,16H,4,7,9,12-13H2,1-2H3,(H,20,23). The van der Waals surface area contributed by atoms with Crippen LogP contribution in [0.1, 0.15) is 28.8 Å². The van der Waals surface area contributed by atoms with Crippen molar-refractivity contribution in [2.75, 3.05) is 20.1 Å². The number of carbonyl (C=O) groups excluding carboxylic acids is 1. The van der Waals surface area contributed by atoms with Crippen LogP contribution in [0.5, 0.6) is 0 Å². The van der Waals surface area contributed by atoms with E-state index >= 15 is 0 Å². The fourth-order valence-corrected chi connectivity index (χ4v) is 3.87. The molecule has 128 valence electrons. The molecule has 0 aliphatic carbocycles. The van der Waals surface area contributed by atoms with E-state index in [0.29, 0.717) is 0 Å². The number of aromatic nitrogens is 2. The van der Waals surface area contributed by atoms with Crippen LogP contribution in [-0.4, -0.2) is 46.5 Å². The number of piperidine rings is 1. The maximum Gasteiger partial charge on any atom is 0.251 e. The van der Waals surface area contributed by atoms with Gasteiger partial charge in [0.05, 0.1) is 0 Å². The molecule has 1 fully saturated rings. The van der Waals surface area contributed by atoms with Crippen LogP contribution in [0.15, 0.2) is 41.8 Å². The number of amides is 1. The number of nitrogens with zero attached hydrogens (tertiary/aromatic N) is 3. The average molecular weight is 344 g/mol. The summed E-state index contributed by atoms with van der Waals surface area (Å²) in [6.07, 6.45) is 5.94. The van der Waals surface area contributed by atoms with Gasteiger partial charge in [0, 0.05) is 43.3 Å². The van der Waals surface area contributed by atoms with E-state index in [1.165, 1.54) is 0 Å². The summed E-state index contributed by atoms with van der Waals surface area (Å²) in [5, 5.41) is 4.15. The summed E-state index contributed by atoms with van der Waals surface area (Å²) < 4.78 is 2.00. The van der Waals surface area contributed by atoms with Crippen molar-refractivity contribution in [1.82, 2.24) is 19.8 Å². The van der Waals surface area contributed by atoms with Gasteiger partial charge in [-0.25, -0.2) is 4.98 Å². The van der Waals surface area contributed by atoms with Gasteiger partial charge in [0.2, 0.25) is 0 Å². The summed E-state index contributed by atoms with van der Waals surface area (Å²) in [4.78, 5) is 19.1. The number of hydrogen-bond acceptors (Lipinski definition) is 4. The second-order valence-electron chi connectivity index (χ2n) is 6.38. The van der Waals surface area contributed by atoms with Crippen LogP contribution in [0, 0.1) is 0 Å². The number of aryl methyl sites for hydroxylation is 1. The molecule has 1 N–H and O–H groups in total. The second kappa shape index (κ2) is 7.85. The third-order valence-electron chi connectivity index (χ3n) is 4.29. The third kappa shape index (κ3) is 4.39. The Morgan fingerprint density at radius 2 is 2.29 bits per heavy atom. The molecule has 1 aromatic heterocycles. The summed E-state index contributed by atoms with van der Waals surface area (Å²) in [6.45, 7) is 2.05. The third-order valence-corrected chi connectivity index (χ3v) is 5.42. The predicted molar refractivity (Wildman–Crippen MR) is 97.2 cm³/mol. The molecular formula is C18H24N4OS. The maximum atomic E-state index is 12.5. The summed E-state index contributed by atoms with van der Waals surface area (Å²) in [7, 11) is 4.09. The molecule has 2 aromatic rings. The topological polar surface area (TPSA) is 50.2 Å². The lowest BCUT2D eigenvalue weighted by atomic mass is 10.1. The van der Waals surface area contributed by atoms with Crippen LogP contribution < -0.4 is 5.32 Å². The molecule has 3 rings (SSSR count). The van der Waals surface area contributed by atoms with Crippen LogP contribution >= 0.6 is 11.8 Å². The second-order valence-corrected chi connectivity index (χ2v) is 7.33. The highest BCUT2D eigenvalue weighted by Crippen LogP contribution is 2.21. The molecule has 24 heavy (non-hydrogen) atoms. The fraction of sp³-hybridized carbons (Fsp3) is 0.444. The van der Waals surface area contributed by atoms with Crippen LogP contribution in [0.2, 0.25) is 0 Å². The van der Waals surface area contributed by atoms with E-state index in [1.54, 1.807) is 18.0 Å². The zero-order chi connectivity index (χ0) is 16.9. The Bertz CT molecular complexity index is 700. The summed E-state index contributed by atoms with van der Waals surface area (Å²) >= 11 is 1.68. The van der Waals surface area contributed by atoms with Crippen molar-refractivity contribution in [1.29, 1.82) is 0 Å². The Balaban J connectivity index is 1.59. The van der Waals surface area contributed by atoms with Gasteiger partial charge in [-0.2, -0.15) is 0 Å². The first-order valence-electron chi connectivity index (χ1n) is 8.30. The van der Waals surface area contributed by atoms with Gasteiger partial charge in [-0.1, -0.05) is 23.9 Å². The lowest BCUT2D eigenvalue weighted by Gasteiger charge is -2.30. The number of nitrogens with one attached hydrogen (secondary N) is 1. The van der Waals surface area contributed by atoms with Crippen LogP contribution in [0.4, 0.5) is 0 Å². The quantitative estimate of drug-likeness (QED) is 0.847. The lowest BCUT2D eigenvalue weighted by Crippen LogP contribution is -2.46. The number of benzene rings is 1. The van der Waals surface area contributed by atoms with Gasteiger partial charge < -0.3 is 14.8 Å². The van der Waals surface area contributed by atoms with E-state index in [0.717, 1.165) is 48.0 Å². The number of likely N-dealkylation sites (N-methyl/N-ethyl adjacent to an activating group) is 1. The Kier molecular flexibility index (Phi) is 5.58. The van der Waals surface area contributed by atoms with Crippen molar-refractivity contribution in [3.05, 3.63) is 47.8 Å². The Hall–Kier alpha value is -1.79. The summed E-state index contributed by atoms with van der Waals surface area (Å²) in [5.74, 6) is 0.831. The van der Waals surface area contributed by atoms with Gasteiger partial charge in [0.1, 0.15) is 0 Å². The highest BCUT2D eigenvalue weighted by Gasteiger charge is 2.19. The zero-order valence-electron chi connectivity index (χ0n) is 14.2. The largest absolute Gasteiger partial charge is 0.348 e. The summed E-state index contributed by atoms with van der Waals surface area (Å²) in [6, 6.07) is 8.13. The molecular weight excluding hydrogens is 320 g/mol. The number of carbonyl (C=O) groups is 1. The van der Waals surface area contributed by atoms with E-state index in [2.05, 4.69) is 28.3 Å². The maximum absolute atomic E-state index is 12.5. The van der Waals surface area contributed by atoms with Gasteiger partial charge >= 0.3 is 0 Å². The zero-order valence-corrected chi connectivity index (χ0v) is 15.1. The smallest absolute Gasteiger partial charge is 0.251 e. The van der Waals surface area contributed by atoms with E-state index in [9.17, 15) is 4.79 Å². The summed E-state index contributed by atoms with van der Waals surface area (Å²) in [5.41, 5.74) is 1.87. The molecule has 1 amide bonds. The number of rotatable bonds is 5. The Labute approximate surface area is 147 Å². The van der Waals surface area contributed by atoms with Crippen LogP contribution in [0.25, 0.3) is 0 Å². The van der Waals surface area contributed by atoms with Crippen LogP contribution in [-0.2, 0) is 12.8 Å². The molecule has 0 saturated carbocycles. The molecule has 0 radical (unpaired) electrons. The number of hydrogen-bond donors (Lipinski definition) is 1. The van der Waals surface area contributed by atoms with Crippen molar-refractivity contribution in [3.8, 4) is 0 Å². The minimum Gasteiger partial charge on any atom is -0.348 e. The number of imidazole rings is 1. The molecule has 6 heteroatoms. The van der Waals surface area contributed by atoms with Gasteiger partial charge in [0.25, 0.3) is 5.91 Å². The van der Waals surface area contributed by atoms with Crippen molar-refractivity contribution in [3.63, 3.8) is 0 Å². The molecule has 2 heterocycles. The highest BCUT2D eigenvalue weighted by molar-refractivity contribution is 7.98. The highest BCUT2D eigenvalue weighted by atomic mass is 32.2. The Morgan fingerprint density at radius 1 is 1.42 bits per heavy atom. The minimum absolute atomic E-state index is 0.0270. The average Bonchev–Trinajstić information content (AvgIpc) is 2.98. The van der Waals surface area contributed by atoms with Gasteiger partial charge in [-0.15, -0.1) is 0 Å². The first-order valence-corrected chi connectivity index (χ1v) is 9.29. The fourth-order valence-electron chi connectivity index (χ4n) is 2.99. The van der Waals surface area contributed by atoms with E-state index in [4.69, 9.17) is 0 Å². The molecule has 1 aliphatic heterocycles. The molecule has 0 bridgehead atoms. The molecule has 1 unspecified atom stereocenters. The van der Waals surface area contributed by atoms with Gasteiger partial charge in [-0.3, -0.25) is 4.79 Å². The van der Waals surface area contributed by atoms with Crippen molar-refractivity contribution in [2.24, 2.45) is 7.05 Å². The molecule has 1 aromatic carbocycles. The molecule has 1 atom stereocenters. The predicted octanol–water partition coefficient (Wildman–Crippen LogP) is 2.54. The normalized spacial score (nSPS) is 18.5. The molecule has 1 aliphatic rings. The van der Waals surface area contributed by atoms with Gasteiger partial charge in [-0.05, 0) is 44.1 Å². The van der Waals surface area contributed by atoms with E-state index in [1.807, 2.05) is 36.0 Å². The van der Waals surface area contributed by atoms with Crippen molar-refractivity contribution < 1.29 is 4.79 Å².